The molecule has 4 N–H and O–H groups in total. The zero-order valence-electron chi connectivity index (χ0n) is 28.4. The summed E-state index contributed by atoms with van der Waals surface area (Å²) in [6.07, 6.45) is 1.53. The molecule has 12 nitrogen and oxygen atoms in total. The van der Waals surface area contributed by atoms with Crippen LogP contribution in [0.2, 0.25) is 0 Å². The second kappa shape index (κ2) is 14.9. The first-order valence-corrected chi connectivity index (χ1v) is 17.6. The number of carbonyl (C=O) groups is 3. The Morgan fingerprint density at radius 1 is 1.10 bits per heavy atom. The highest BCUT2D eigenvalue weighted by molar-refractivity contribution is 7.92. The lowest BCUT2D eigenvalue weighted by atomic mass is 9.87. The predicted octanol–water partition coefficient (Wildman–Crippen LogP) is 5.78. The largest absolute Gasteiger partial charge is 0.496 e. The molecule has 1 aliphatic carbocycles. The quantitative estimate of drug-likeness (QED) is 0.229. The molecule has 0 spiro atoms. The van der Waals surface area contributed by atoms with E-state index in [0.29, 0.717) is 29.2 Å². The number of hydrogen-bond acceptors (Lipinski definition) is 9. The van der Waals surface area contributed by atoms with Gasteiger partial charge in [0.1, 0.15) is 23.2 Å². The normalized spacial score (nSPS) is 18.0. The number of nitrogens with zero attached hydrogens (tertiary/aromatic N) is 2. The molecule has 51 heavy (non-hydrogen) atoms. The van der Waals surface area contributed by atoms with Gasteiger partial charge >= 0.3 is 6.09 Å². The summed E-state index contributed by atoms with van der Waals surface area (Å²) in [5, 5.41) is 10.5. The maximum atomic E-state index is 16.1. The minimum absolute atomic E-state index is 0.0336. The van der Waals surface area contributed by atoms with E-state index in [-0.39, 0.29) is 58.4 Å². The molecule has 0 radical (unpaired) electrons. The van der Waals surface area contributed by atoms with Crippen LogP contribution in [0.1, 0.15) is 60.8 Å². The molecule has 2 atom stereocenters. The molecule has 3 aromatic carbocycles. The lowest BCUT2D eigenvalue weighted by Gasteiger charge is -2.27. The third kappa shape index (κ3) is 8.20. The van der Waals surface area contributed by atoms with Crippen molar-refractivity contribution in [1.82, 2.24) is 9.88 Å². The van der Waals surface area contributed by atoms with Gasteiger partial charge in [0.2, 0.25) is 5.91 Å². The Morgan fingerprint density at radius 3 is 2.47 bits per heavy atom. The highest BCUT2D eigenvalue weighted by Gasteiger charge is 2.39. The standard InChI is InChI=1S/C34H34F2N4O6S.C2H4O2/c1-18-17-46-34(42)39-22-4-7-31(47(43,44)23-5-6-23)21(11-22)16-40(2)33(41)27(26-15-30(45-3)24(18)13-29(26)36)12-20-10-19-8-9-38-32(37)25(19)14-28(20)35;1-2(3)4/h4,7-11,13-15,18,23,27H,5-6,12,16-17H2,1-3H3,(H2,37,38)(H,39,42);1H3,(H,3,4)/t18-,27+;/m0./s1. The van der Waals surface area contributed by atoms with Crippen LogP contribution >= 0.6 is 0 Å². The van der Waals surface area contributed by atoms with Gasteiger partial charge in [-0.2, -0.15) is 0 Å². The average Bonchev–Trinajstić information content (AvgIpc) is 3.93. The van der Waals surface area contributed by atoms with E-state index >= 15 is 8.78 Å². The summed E-state index contributed by atoms with van der Waals surface area (Å²) in [6.45, 7) is 2.48. The van der Waals surface area contributed by atoms with Crippen molar-refractivity contribution in [1.29, 1.82) is 0 Å². The van der Waals surface area contributed by atoms with E-state index in [1.165, 1.54) is 61.7 Å². The summed E-state index contributed by atoms with van der Waals surface area (Å²) < 4.78 is 69.5. The van der Waals surface area contributed by atoms with E-state index in [1.54, 1.807) is 19.1 Å². The van der Waals surface area contributed by atoms with Crippen molar-refractivity contribution < 1.29 is 46.2 Å². The Kier molecular flexibility index (Phi) is 10.8. The molecule has 0 saturated heterocycles. The number of aliphatic carboxylic acids is 1. The third-order valence-electron chi connectivity index (χ3n) is 8.76. The van der Waals surface area contributed by atoms with Gasteiger partial charge in [-0.05, 0) is 84.3 Å². The van der Waals surface area contributed by atoms with Crippen molar-refractivity contribution in [2.24, 2.45) is 0 Å². The van der Waals surface area contributed by atoms with E-state index in [0.717, 1.165) is 6.92 Å². The first-order valence-electron chi connectivity index (χ1n) is 16.1. The highest BCUT2D eigenvalue weighted by Crippen LogP contribution is 2.38. The molecule has 2 aliphatic heterocycles. The number of fused-ring (bicyclic) bond motifs is 10. The van der Waals surface area contributed by atoms with Crippen molar-refractivity contribution in [2.45, 2.75) is 61.6 Å². The summed E-state index contributed by atoms with van der Waals surface area (Å²) in [7, 11) is -0.845. The van der Waals surface area contributed by atoms with Gasteiger partial charge in [0.25, 0.3) is 5.97 Å². The Balaban J connectivity index is 0.00000120. The first-order chi connectivity index (χ1) is 24.1. The number of aromatic nitrogens is 1. The van der Waals surface area contributed by atoms with E-state index in [1.807, 2.05) is 0 Å². The molecular formula is C36H38F2N4O8S. The number of carbonyl (C=O) groups excluding carboxylic acids is 2. The molecule has 4 aromatic rings. The molecule has 270 valence electrons. The summed E-state index contributed by atoms with van der Waals surface area (Å²) in [4.78, 5) is 41.4. The highest BCUT2D eigenvalue weighted by atomic mass is 32.2. The SMILES string of the molecule is CC(=O)O.COc1cc2c(F)cc1[C@@H](C)COC(=O)Nc1ccc(S(=O)(=O)C3CC3)c(c1)CN(C)C(=O)[C@@H]2Cc1cc2ccnc(N)c2cc1F. The summed E-state index contributed by atoms with van der Waals surface area (Å²) in [5.41, 5.74) is 7.01. The van der Waals surface area contributed by atoms with Gasteiger partial charge in [-0.25, -0.2) is 27.0 Å². The van der Waals surface area contributed by atoms with Gasteiger partial charge in [0.15, 0.2) is 9.84 Å². The molecule has 4 bridgehead atoms. The smallest absolute Gasteiger partial charge is 0.411 e. The van der Waals surface area contributed by atoms with Gasteiger partial charge in [0.05, 0.1) is 29.8 Å². The van der Waals surface area contributed by atoms with Crippen LogP contribution in [0.4, 0.5) is 25.1 Å². The molecule has 7 rings (SSSR count). The van der Waals surface area contributed by atoms with E-state index in [2.05, 4.69) is 10.3 Å². The summed E-state index contributed by atoms with van der Waals surface area (Å²) in [6, 6.07) is 11.5. The number of anilines is 2. The van der Waals surface area contributed by atoms with Crippen molar-refractivity contribution in [3.63, 3.8) is 0 Å². The van der Waals surface area contributed by atoms with Crippen LogP contribution in [-0.2, 0) is 37.1 Å². The van der Waals surface area contributed by atoms with Crippen LogP contribution in [0.15, 0.2) is 59.6 Å². The van der Waals surface area contributed by atoms with Crippen molar-refractivity contribution >= 4 is 50.1 Å². The number of ether oxygens (including phenoxy) is 2. The number of carboxylic acid groups (broad SMARTS) is 1. The third-order valence-corrected chi connectivity index (χ3v) is 11.1. The fourth-order valence-electron chi connectivity index (χ4n) is 6.04. The summed E-state index contributed by atoms with van der Waals surface area (Å²) >= 11 is 0. The van der Waals surface area contributed by atoms with Crippen LogP contribution < -0.4 is 15.8 Å². The van der Waals surface area contributed by atoms with Gasteiger partial charge in [-0.15, -0.1) is 0 Å². The number of pyridine rings is 1. The molecule has 3 heterocycles. The van der Waals surface area contributed by atoms with Crippen LogP contribution in [0.5, 0.6) is 5.75 Å². The number of nitrogen functional groups attached to an aromatic ring is 1. The van der Waals surface area contributed by atoms with Gasteiger partial charge < -0.3 is 25.2 Å². The fourth-order valence-corrected chi connectivity index (χ4v) is 7.91. The van der Waals surface area contributed by atoms with Crippen LogP contribution in [0.3, 0.4) is 0 Å². The molecular weight excluding hydrogens is 686 g/mol. The first kappa shape index (κ1) is 37.0. The molecule has 1 saturated carbocycles. The average molecular weight is 725 g/mol. The second-order valence-corrected chi connectivity index (χ2v) is 14.8. The van der Waals surface area contributed by atoms with Crippen molar-refractivity contribution in [2.75, 3.05) is 31.8 Å². The molecule has 2 amide bonds. The van der Waals surface area contributed by atoms with Gasteiger partial charge in [0, 0.05) is 54.8 Å². The molecule has 1 fully saturated rings. The summed E-state index contributed by atoms with van der Waals surface area (Å²) in [5.74, 6) is -4.14. The number of methoxy groups -OCH3 is 1. The van der Waals surface area contributed by atoms with E-state index in [4.69, 9.17) is 25.1 Å². The van der Waals surface area contributed by atoms with Crippen LogP contribution in [0, 0.1) is 11.6 Å². The lowest BCUT2D eigenvalue weighted by Crippen LogP contribution is -2.33. The van der Waals surface area contributed by atoms with Crippen LogP contribution in [0.25, 0.3) is 10.8 Å². The Bertz CT molecular complexity index is 2120. The maximum Gasteiger partial charge on any atom is 0.411 e. The van der Waals surface area contributed by atoms with Crippen molar-refractivity contribution in [3.05, 3.63) is 88.6 Å². The molecule has 3 aliphatic rings. The second-order valence-electron chi connectivity index (χ2n) is 12.6. The van der Waals surface area contributed by atoms with Gasteiger partial charge in [-0.3, -0.25) is 14.9 Å². The number of carboxylic acids is 1. The number of benzene rings is 3. The Morgan fingerprint density at radius 2 is 1.80 bits per heavy atom. The molecule has 0 unspecified atom stereocenters. The van der Waals surface area contributed by atoms with Crippen molar-refractivity contribution in [3.8, 4) is 5.75 Å². The topological polar surface area (TPSA) is 178 Å². The number of amides is 2. The fraction of sp³-hybridized carbons (Fsp3) is 0.333. The van der Waals surface area contributed by atoms with Gasteiger partial charge in [-0.1, -0.05) is 6.92 Å². The number of halogens is 2. The zero-order chi connectivity index (χ0) is 37.2. The monoisotopic (exact) mass is 724 g/mol. The minimum Gasteiger partial charge on any atom is -0.496 e. The number of nitrogens with two attached hydrogens (primary N) is 1. The predicted molar refractivity (Wildman–Crippen MR) is 185 cm³/mol. The number of rotatable bonds is 5. The zero-order valence-corrected chi connectivity index (χ0v) is 29.2. The number of likely N-dealkylation sites (N-methyl/N-ethyl adjacent to an activating group) is 1. The Labute approximate surface area is 293 Å². The lowest BCUT2D eigenvalue weighted by molar-refractivity contribution is -0.134. The number of nitrogens with one attached hydrogen (secondary N) is 1. The molecule has 15 heteroatoms. The number of sulfone groups is 1. The number of hydrogen-bond donors (Lipinski definition) is 3. The Hall–Kier alpha value is -5.31. The maximum absolute atomic E-state index is 16.1. The van der Waals surface area contributed by atoms with E-state index < -0.39 is 56.5 Å². The minimum atomic E-state index is -3.71. The van der Waals surface area contributed by atoms with E-state index in [9.17, 15) is 18.0 Å². The molecule has 1 aromatic heterocycles. The van der Waals surface area contributed by atoms with Crippen LogP contribution in [-0.4, -0.2) is 67.4 Å².